The minimum absolute atomic E-state index is 0.189. The van der Waals surface area contributed by atoms with Crippen LogP contribution in [0.25, 0.3) is 0 Å². The van der Waals surface area contributed by atoms with E-state index >= 15 is 0 Å². The molecule has 8 nitrogen and oxygen atoms in total. The Morgan fingerprint density at radius 3 is 2.34 bits per heavy atom. The van der Waals surface area contributed by atoms with E-state index in [0.29, 0.717) is 17.5 Å². The molecule has 1 N–H and O–H groups in total. The monoisotopic (exact) mass is 417 g/mol. The van der Waals surface area contributed by atoms with Gasteiger partial charge in [0, 0.05) is 6.54 Å². The molecule has 0 aliphatic carbocycles. The van der Waals surface area contributed by atoms with Crippen LogP contribution in [0.1, 0.15) is 21.5 Å². The van der Waals surface area contributed by atoms with E-state index in [2.05, 4.69) is 15.3 Å². The van der Waals surface area contributed by atoms with E-state index in [1.165, 1.54) is 13.3 Å². The number of nitrogens with zero attached hydrogens (tertiary/aromatic N) is 2. The molecule has 154 valence electrons. The number of esters is 1. The third-order valence-electron chi connectivity index (χ3n) is 4.02. The highest BCUT2D eigenvalue weighted by atomic mass is 32.2. The zero-order valence-corrected chi connectivity index (χ0v) is 17.1. The number of nitrogens with one attached hydrogen (secondary N) is 1. The number of carbonyl (C=O) groups excluding carboxylic acids is 2. The average molecular weight is 417 g/mol. The van der Waals surface area contributed by atoms with Crippen molar-refractivity contribution in [2.75, 3.05) is 26.5 Å². The first-order valence-corrected chi connectivity index (χ1v) is 10.6. The van der Waals surface area contributed by atoms with Gasteiger partial charge in [0.15, 0.2) is 0 Å². The largest absolute Gasteiger partial charge is 0.465 e. The second-order valence-corrected chi connectivity index (χ2v) is 8.22. The Balaban J connectivity index is 1.90. The third kappa shape index (κ3) is 7.47. The van der Waals surface area contributed by atoms with Crippen molar-refractivity contribution >= 4 is 28.1 Å². The molecule has 0 aromatic heterocycles. The van der Waals surface area contributed by atoms with E-state index in [9.17, 15) is 18.0 Å². The number of ether oxygens (including phenoxy) is 1. The molecule has 0 heterocycles. The first-order valence-electron chi connectivity index (χ1n) is 8.79. The molecule has 0 bridgehead atoms. The number of rotatable bonds is 9. The number of amides is 1. The molecule has 0 saturated heterocycles. The first kappa shape index (κ1) is 22.3. The maximum absolute atomic E-state index is 12.1. The molecule has 0 aliphatic rings. The van der Waals surface area contributed by atoms with E-state index in [4.69, 9.17) is 0 Å². The lowest BCUT2D eigenvalue weighted by Gasteiger charge is -2.18. The second kappa shape index (κ2) is 10.5. The second-order valence-electron chi connectivity index (χ2n) is 6.24. The van der Waals surface area contributed by atoms with Crippen LogP contribution < -0.4 is 5.43 Å². The van der Waals surface area contributed by atoms with Crippen molar-refractivity contribution in [3.8, 4) is 0 Å². The molecule has 0 atom stereocenters. The van der Waals surface area contributed by atoms with Crippen molar-refractivity contribution in [3.63, 3.8) is 0 Å². The van der Waals surface area contributed by atoms with Crippen molar-refractivity contribution in [2.24, 2.45) is 5.10 Å². The summed E-state index contributed by atoms with van der Waals surface area (Å²) < 4.78 is 29.7. The van der Waals surface area contributed by atoms with E-state index in [1.807, 2.05) is 30.3 Å². The molecular formula is C20H23N3O5S. The SMILES string of the molecule is COC(=O)c1ccc(C=NNC(=O)CN(CCc2ccccc2)S(C)(=O)=O)cc1. The third-order valence-corrected chi connectivity index (χ3v) is 5.27. The number of hydrogen-bond acceptors (Lipinski definition) is 6. The number of methoxy groups -OCH3 is 1. The minimum atomic E-state index is -3.55. The summed E-state index contributed by atoms with van der Waals surface area (Å²) in [6.45, 7) is -0.140. The zero-order chi connectivity index (χ0) is 21.3. The Bertz CT molecular complexity index is 957. The van der Waals surface area contributed by atoms with Crippen LogP contribution in [-0.4, -0.2) is 57.3 Å². The van der Waals surface area contributed by atoms with Gasteiger partial charge in [0.1, 0.15) is 0 Å². The fraction of sp³-hybridized carbons (Fsp3) is 0.250. The van der Waals surface area contributed by atoms with Crippen LogP contribution in [0.2, 0.25) is 0 Å². The molecule has 0 unspecified atom stereocenters. The lowest BCUT2D eigenvalue weighted by atomic mass is 10.1. The van der Waals surface area contributed by atoms with Gasteiger partial charge >= 0.3 is 5.97 Å². The van der Waals surface area contributed by atoms with Crippen molar-refractivity contribution in [1.82, 2.24) is 9.73 Å². The molecule has 0 radical (unpaired) electrons. The molecule has 1 amide bonds. The van der Waals surface area contributed by atoms with Gasteiger partial charge in [-0.15, -0.1) is 0 Å². The minimum Gasteiger partial charge on any atom is -0.465 e. The van der Waals surface area contributed by atoms with Gasteiger partial charge < -0.3 is 4.74 Å². The van der Waals surface area contributed by atoms with Crippen molar-refractivity contribution in [3.05, 3.63) is 71.3 Å². The van der Waals surface area contributed by atoms with Crippen molar-refractivity contribution < 1.29 is 22.7 Å². The van der Waals surface area contributed by atoms with Gasteiger partial charge in [0.05, 0.1) is 31.7 Å². The quantitative estimate of drug-likeness (QED) is 0.377. The summed E-state index contributed by atoms with van der Waals surface area (Å²) in [7, 11) is -2.25. The number of sulfonamides is 1. The Labute approximate surface area is 170 Å². The summed E-state index contributed by atoms with van der Waals surface area (Å²) in [4.78, 5) is 23.5. The fourth-order valence-corrected chi connectivity index (χ4v) is 3.23. The summed E-state index contributed by atoms with van der Waals surface area (Å²) in [6, 6.07) is 15.9. The van der Waals surface area contributed by atoms with Crippen LogP contribution in [0.5, 0.6) is 0 Å². The topological polar surface area (TPSA) is 105 Å². The van der Waals surface area contributed by atoms with Gasteiger partial charge in [0.25, 0.3) is 5.91 Å². The van der Waals surface area contributed by atoms with Crippen LogP contribution in [0.4, 0.5) is 0 Å². The fourth-order valence-electron chi connectivity index (χ4n) is 2.46. The number of hydrogen-bond donors (Lipinski definition) is 1. The Hall–Kier alpha value is -3.04. The molecule has 2 aromatic carbocycles. The Morgan fingerprint density at radius 2 is 1.76 bits per heavy atom. The predicted octanol–water partition coefficient (Wildman–Crippen LogP) is 1.43. The maximum Gasteiger partial charge on any atom is 0.337 e. The van der Waals surface area contributed by atoms with Crippen LogP contribution in [-0.2, 0) is 26.0 Å². The normalized spacial score (nSPS) is 11.6. The molecule has 9 heteroatoms. The highest BCUT2D eigenvalue weighted by Gasteiger charge is 2.19. The molecule has 0 fully saturated rings. The lowest BCUT2D eigenvalue weighted by Crippen LogP contribution is -2.40. The highest BCUT2D eigenvalue weighted by Crippen LogP contribution is 2.05. The standard InChI is InChI=1S/C20H23N3O5S/c1-28-20(25)18-10-8-17(9-11-18)14-21-22-19(24)15-23(29(2,26)27)13-12-16-6-4-3-5-7-16/h3-11,14H,12-13,15H2,1-2H3,(H,22,24). The van der Waals surface area contributed by atoms with E-state index in [0.717, 1.165) is 16.1 Å². The van der Waals surface area contributed by atoms with E-state index in [1.54, 1.807) is 24.3 Å². The van der Waals surface area contributed by atoms with Crippen LogP contribution in [0.3, 0.4) is 0 Å². The molecule has 0 spiro atoms. The summed E-state index contributed by atoms with van der Waals surface area (Å²) in [5, 5.41) is 3.83. The Morgan fingerprint density at radius 1 is 1.10 bits per heavy atom. The van der Waals surface area contributed by atoms with Gasteiger partial charge in [-0.3, -0.25) is 4.79 Å². The van der Waals surface area contributed by atoms with Crippen LogP contribution in [0, 0.1) is 0 Å². The average Bonchev–Trinajstić information content (AvgIpc) is 2.71. The van der Waals surface area contributed by atoms with E-state index < -0.39 is 21.9 Å². The number of benzene rings is 2. The highest BCUT2D eigenvalue weighted by molar-refractivity contribution is 7.88. The number of hydrazone groups is 1. The summed E-state index contributed by atoms with van der Waals surface area (Å²) in [6.07, 6.45) is 2.96. The molecule has 0 saturated carbocycles. The van der Waals surface area contributed by atoms with Gasteiger partial charge in [-0.25, -0.2) is 18.6 Å². The van der Waals surface area contributed by atoms with Gasteiger partial charge in [-0.1, -0.05) is 42.5 Å². The molecule has 2 rings (SSSR count). The number of carbonyl (C=O) groups is 2. The smallest absolute Gasteiger partial charge is 0.337 e. The van der Waals surface area contributed by atoms with E-state index in [-0.39, 0.29) is 13.1 Å². The van der Waals surface area contributed by atoms with Crippen LogP contribution in [0.15, 0.2) is 59.7 Å². The predicted molar refractivity (Wildman–Crippen MR) is 110 cm³/mol. The molecule has 0 aliphatic heterocycles. The molecule has 2 aromatic rings. The summed E-state index contributed by atoms with van der Waals surface area (Å²) >= 11 is 0. The van der Waals surface area contributed by atoms with Crippen LogP contribution >= 0.6 is 0 Å². The Kier molecular flexibility index (Phi) is 8.05. The van der Waals surface area contributed by atoms with Gasteiger partial charge in [0.2, 0.25) is 10.0 Å². The lowest BCUT2D eigenvalue weighted by molar-refractivity contribution is -0.121. The first-order chi connectivity index (χ1) is 13.8. The summed E-state index contributed by atoms with van der Waals surface area (Å²) in [5.74, 6) is -0.996. The maximum atomic E-state index is 12.1. The van der Waals surface area contributed by atoms with Crippen molar-refractivity contribution in [1.29, 1.82) is 0 Å². The van der Waals surface area contributed by atoms with Gasteiger partial charge in [-0.2, -0.15) is 9.41 Å². The molecular weight excluding hydrogens is 394 g/mol. The van der Waals surface area contributed by atoms with Crippen molar-refractivity contribution in [2.45, 2.75) is 6.42 Å². The zero-order valence-electron chi connectivity index (χ0n) is 16.2. The van der Waals surface area contributed by atoms with Gasteiger partial charge in [-0.05, 0) is 29.7 Å². The molecule has 29 heavy (non-hydrogen) atoms. The summed E-state index contributed by atoms with van der Waals surface area (Å²) in [5.41, 5.74) is 4.35.